The molecule has 152 valence electrons. The number of hydrogen-bond donors (Lipinski definition) is 1. The van der Waals surface area contributed by atoms with Crippen molar-refractivity contribution < 1.29 is 13.6 Å². The monoisotopic (exact) mass is 408 g/mol. The van der Waals surface area contributed by atoms with Crippen LogP contribution in [0.2, 0.25) is 0 Å². The van der Waals surface area contributed by atoms with Crippen molar-refractivity contribution >= 4 is 34.1 Å². The Labute approximate surface area is 170 Å². The van der Waals surface area contributed by atoms with Crippen LogP contribution in [0.1, 0.15) is 10.5 Å². The molecule has 9 heteroatoms. The van der Waals surface area contributed by atoms with Gasteiger partial charge in [-0.25, -0.2) is 18.7 Å². The van der Waals surface area contributed by atoms with E-state index in [4.69, 9.17) is 5.73 Å². The number of hydrogen-bond acceptors (Lipinski definition) is 5. The molecule has 0 radical (unpaired) electrons. The number of nitrogens with zero attached hydrogens (tertiary/aromatic N) is 5. The molecule has 0 spiro atoms. The van der Waals surface area contributed by atoms with E-state index in [1.54, 1.807) is 20.4 Å². The summed E-state index contributed by atoms with van der Waals surface area (Å²) in [6.45, 7) is 1.68. The molecular formula is C21H18F2N6O. The third-order valence-electron chi connectivity index (χ3n) is 5.37. The Morgan fingerprint density at radius 1 is 1.00 bits per heavy atom. The zero-order chi connectivity index (χ0) is 20.8. The third-order valence-corrected chi connectivity index (χ3v) is 5.37. The van der Waals surface area contributed by atoms with Gasteiger partial charge in [0.1, 0.15) is 23.0 Å². The first-order valence-electron chi connectivity index (χ1n) is 9.54. The van der Waals surface area contributed by atoms with Gasteiger partial charge in [-0.1, -0.05) is 12.1 Å². The minimum atomic E-state index is -0.613. The molecule has 2 aromatic heterocycles. The number of benzene rings is 2. The quantitative estimate of drug-likeness (QED) is 0.552. The van der Waals surface area contributed by atoms with Crippen LogP contribution in [0.15, 0.2) is 48.7 Å². The molecule has 1 aliphatic heterocycles. The lowest BCUT2D eigenvalue weighted by Crippen LogP contribution is -2.49. The normalized spacial score (nSPS) is 14.6. The second-order valence-corrected chi connectivity index (χ2v) is 7.18. The first-order chi connectivity index (χ1) is 14.5. The Kier molecular flexibility index (Phi) is 4.23. The van der Waals surface area contributed by atoms with Crippen LogP contribution < -0.4 is 10.6 Å². The van der Waals surface area contributed by atoms with Gasteiger partial charge in [-0.2, -0.15) is 0 Å². The maximum Gasteiger partial charge on any atom is 0.274 e. The molecule has 0 aliphatic carbocycles. The largest absolute Gasteiger partial charge is 0.369 e. The first kappa shape index (κ1) is 18.3. The fourth-order valence-electron chi connectivity index (χ4n) is 3.84. The van der Waals surface area contributed by atoms with Crippen LogP contribution in [0.5, 0.6) is 0 Å². The van der Waals surface area contributed by atoms with Crippen molar-refractivity contribution in [3.05, 3.63) is 66.0 Å². The second kappa shape index (κ2) is 6.94. The molecule has 0 bridgehead atoms. The minimum Gasteiger partial charge on any atom is -0.369 e. The summed E-state index contributed by atoms with van der Waals surface area (Å²) in [7, 11) is 0. The Balaban J connectivity index is 1.39. The van der Waals surface area contributed by atoms with Gasteiger partial charge >= 0.3 is 0 Å². The SMILES string of the molecule is Nc1nc2ccccc2c2nc(C(=O)N3CCN(c4ccc(F)cc4F)CC3)cn12. The highest BCUT2D eigenvalue weighted by molar-refractivity contribution is 5.97. The Morgan fingerprint density at radius 3 is 2.53 bits per heavy atom. The van der Waals surface area contributed by atoms with Crippen LogP contribution in [0, 0.1) is 11.6 Å². The number of para-hydroxylation sites is 1. The van der Waals surface area contributed by atoms with Gasteiger partial charge in [-0.15, -0.1) is 0 Å². The van der Waals surface area contributed by atoms with E-state index in [1.165, 1.54) is 12.1 Å². The van der Waals surface area contributed by atoms with Gasteiger partial charge in [0.25, 0.3) is 5.91 Å². The molecule has 2 N–H and O–H groups in total. The van der Waals surface area contributed by atoms with Gasteiger partial charge in [0.15, 0.2) is 0 Å². The molecule has 3 heterocycles. The van der Waals surface area contributed by atoms with Gasteiger partial charge in [0, 0.05) is 43.8 Å². The van der Waals surface area contributed by atoms with Crippen LogP contribution >= 0.6 is 0 Å². The van der Waals surface area contributed by atoms with E-state index >= 15 is 0 Å². The van der Waals surface area contributed by atoms with Gasteiger partial charge in [-0.05, 0) is 24.3 Å². The number of imidazole rings is 1. The fourth-order valence-corrected chi connectivity index (χ4v) is 3.84. The summed E-state index contributed by atoms with van der Waals surface area (Å²) < 4.78 is 28.8. The maximum absolute atomic E-state index is 14.0. The van der Waals surface area contributed by atoms with E-state index in [0.717, 1.165) is 11.5 Å². The number of piperazine rings is 1. The van der Waals surface area contributed by atoms with Crippen molar-refractivity contribution in [2.45, 2.75) is 0 Å². The number of carbonyl (C=O) groups excluding carboxylic acids is 1. The highest BCUT2D eigenvalue weighted by Crippen LogP contribution is 2.24. The lowest BCUT2D eigenvalue weighted by molar-refractivity contribution is 0.0741. The van der Waals surface area contributed by atoms with E-state index in [1.807, 2.05) is 24.3 Å². The second-order valence-electron chi connectivity index (χ2n) is 7.18. The Hall–Kier alpha value is -3.75. The topological polar surface area (TPSA) is 79.8 Å². The number of fused-ring (bicyclic) bond motifs is 3. The number of anilines is 2. The zero-order valence-corrected chi connectivity index (χ0v) is 15.9. The van der Waals surface area contributed by atoms with Gasteiger partial charge in [0.05, 0.1) is 11.2 Å². The van der Waals surface area contributed by atoms with E-state index in [9.17, 15) is 13.6 Å². The van der Waals surface area contributed by atoms with Crippen LogP contribution in [0.25, 0.3) is 16.6 Å². The smallest absolute Gasteiger partial charge is 0.274 e. The molecule has 0 saturated carbocycles. The molecule has 1 aliphatic rings. The lowest BCUT2D eigenvalue weighted by atomic mass is 10.2. The number of carbonyl (C=O) groups is 1. The number of nitrogen functional groups attached to an aromatic ring is 1. The molecule has 0 unspecified atom stereocenters. The highest BCUT2D eigenvalue weighted by atomic mass is 19.1. The standard InChI is InChI=1S/C21H18F2N6O/c22-13-5-6-18(15(23)11-13)27-7-9-28(10-8-27)20(30)17-12-29-19(25-17)14-3-1-2-4-16(14)26-21(29)24/h1-6,11-12H,7-10H2,(H2,24,26). The van der Waals surface area contributed by atoms with Crippen LogP contribution in [-0.2, 0) is 0 Å². The van der Waals surface area contributed by atoms with Crippen molar-refractivity contribution in [1.29, 1.82) is 0 Å². The Morgan fingerprint density at radius 2 is 1.77 bits per heavy atom. The predicted molar refractivity (Wildman–Crippen MR) is 109 cm³/mol. The Bertz CT molecular complexity index is 1280. The van der Waals surface area contributed by atoms with Gasteiger partial charge in [0.2, 0.25) is 5.95 Å². The summed E-state index contributed by atoms with van der Waals surface area (Å²) in [5, 5.41) is 0.808. The molecule has 1 fully saturated rings. The third kappa shape index (κ3) is 2.99. The molecule has 30 heavy (non-hydrogen) atoms. The van der Waals surface area contributed by atoms with Gasteiger partial charge < -0.3 is 15.5 Å². The molecular weight excluding hydrogens is 390 g/mol. The number of aromatic nitrogens is 3. The maximum atomic E-state index is 14.0. The van der Waals surface area contributed by atoms with Crippen molar-refractivity contribution in [1.82, 2.24) is 19.3 Å². The average molecular weight is 408 g/mol. The summed E-state index contributed by atoms with van der Waals surface area (Å²) in [5.41, 5.74) is 7.94. The number of nitrogens with two attached hydrogens (primary N) is 1. The summed E-state index contributed by atoms with van der Waals surface area (Å²) in [6, 6.07) is 11.0. The molecule has 1 amide bonds. The van der Waals surface area contributed by atoms with E-state index < -0.39 is 11.6 Å². The number of rotatable bonds is 2. The van der Waals surface area contributed by atoms with Crippen molar-refractivity contribution in [2.24, 2.45) is 0 Å². The van der Waals surface area contributed by atoms with Crippen molar-refractivity contribution in [3.8, 4) is 0 Å². The summed E-state index contributed by atoms with van der Waals surface area (Å²) in [6.07, 6.45) is 1.60. The minimum absolute atomic E-state index is 0.221. The number of amides is 1. The zero-order valence-electron chi connectivity index (χ0n) is 15.9. The summed E-state index contributed by atoms with van der Waals surface area (Å²) >= 11 is 0. The number of halogens is 2. The highest BCUT2D eigenvalue weighted by Gasteiger charge is 2.26. The first-order valence-corrected chi connectivity index (χ1v) is 9.54. The fraction of sp³-hybridized carbons (Fsp3) is 0.190. The van der Waals surface area contributed by atoms with E-state index in [-0.39, 0.29) is 17.5 Å². The van der Waals surface area contributed by atoms with Crippen LogP contribution in [0.4, 0.5) is 20.4 Å². The van der Waals surface area contributed by atoms with E-state index in [0.29, 0.717) is 43.0 Å². The predicted octanol–water partition coefficient (Wildman–Crippen LogP) is 2.71. The molecule has 2 aromatic carbocycles. The molecule has 1 saturated heterocycles. The molecule has 0 atom stereocenters. The molecule has 4 aromatic rings. The van der Waals surface area contributed by atoms with Crippen molar-refractivity contribution in [2.75, 3.05) is 36.8 Å². The van der Waals surface area contributed by atoms with E-state index in [2.05, 4.69) is 9.97 Å². The van der Waals surface area contributed by atoms with Crippen LogP contribution in [-0.4, -0.2) is 51.4 Å². The summed E-state index contributed by atoms with van der Waals surface area (Å²) in [5.74, 6) is -1.18. The lowest BCUT2D eigenvalue weighted by Gasteiger charge is -2.35. The molecule has 7 nitrogen and oxygen atoms in total. The molecule has 5 rings (SSSR count). The van der Waals surface area contributed by atoms with Crippen molar-refractivity contribution in [3.63, 3.8) is 0 Å². The van der Waals surface area contributed by atoms with Gasteiger partial charge in [-0.3, -0.25) is 9.20 Å². The average Bonchev–Trinajstić information content (AvgIpc) is 3.20. The van der Waals surface area contributed by atoms with Crippen LogP contribution in [0.3, 0.4) is 0 Å². The summed E-state index contributed by atoms with van der Waals surface area (Å²) in [4.78, 5) is 25.4.